The Labute approximate surface area is 207 Å². The number of urea groups is 1. The number of carbonyl (C=O) groups is 2. The molecule has 2 fully saturated rings. The number of fused-ring (bicyclic) bond motifs is 1. The molecule has 2 aliphatic rings. The molecule has 1 unspecified atom stereocenters. The lowest BCUT2D eigenvalue weighted by molar-refractivity contribution is -0.131. The van der Waals surface area contributed by atoms with E-state index in [0.29, 0.717) is 45.1 Å². The van der Waals surface area contributed by atoms with Crippen molar-refractivity contribution < 1.29 is 9.59 Å². The summed E-state index contributed by atoms with van der Waals surface area (Å²) in [5.41, 5.74) is 3.42. The number of amides is 3. The van der Waals surface area contributed by atoms with Gasteiger partial charge in [0.2, 0.25) is 5.91 Å². The molecule has 7 heteroatoms. The fourth-order valence-corrected chi connectivity index (χ4v) is 5.36. The number of hydrogen-bond acceptors (Lipinski definition) is 3. The molecule has 3 aromatic rings. The molecule has 2 aromatic carbocycles. The molecule has 0 saturated carbocycles. The standard InChI is InChI=1S/C28H35N5O2/c34-27(17-24-19-29-26-11-5-4-10-25(24)26)32-13-15-33(16-14-32)28(35)30-18-23-9-6-12-31(21-23)20-22-7-2-1-3-8-22/h1-5,7-8,10-11,19,23,29H,6,9,12-18,20-21H2,(H,30,35). The second-order valence-corrected chi connectivity index (χ2v) is 9.82. The van der Waals surface area contributed by atoms with Crippen molar-refractivity contribution >= 4 is 22.8 Å². The largest absolute Gasteiger partial charge is 0.361 e. The van der Waals surface area contributed by atoms with Gasteiger partial charge in [-0.3, -0.25) is 9.69 Å². The summed E-state index contributed by atoms with van der Waals surface area (Å²) in [7, 11) is 0. The molecular formula is C28H35N5O2. The van der Waals surface area contributed by atoms with Gasteiger partial charge in [0.25, 0.3) is 0 Å². The van der Waals surface area contributed by atoms with Gasteiger partial charge in [-0.15, -0.1) is 0 Å². The number of H-pyrrole nitrogens is 1. The maximum absolute atomic E-state index is 12.9. The number of benzene rings is 2. The molecular weight excluding hydrogens is 438 g/mol. The van der Waals surface area contributed by atoms with E-state index in [1.165, 1.54) is 12.0 Å². The van der Waals surface area contributed by atoms with Crippen LogP contribution in [0.15, 0.2) is 60.8 Å². The predicted octanol–water partition coefficient (Wildman–Crippen LogP) is 3.48. The van der Waals surface area contributed by atoms with Crippen LogP contribution in [0.1, 0.15) is 24.0 Å². The molecule has 35 heavy (non-hydrogen) atoms. The van der Waals surface area contributed by atoms with Gasteiger partial charge in [-0.2, -0.15) is 0 Å². The molecule has 2 saturated heterocycles. The van der Waals surface area contributed by atoms with E-state index >= 15 is 0 Å². The molecule has 3 amide bonds. The van der Waals surface area contributed by atoms with Gasteiger partial charge < -0.3 is 20.1 Å². The van der Waals surface area contributed by atoms with Crippen LogP contribution in [0.25, 0.3) is 10.9 Å². The Bertz CT molecular complexity index is 1140. The molecule has 2 aliphatic heterocycles. The Kier molecular flexibility index (Phi) is 7.33. The van der Waals surface area contributed by atoms with Gasteiger partial charge in [-0.25, -0.2) is 4.79 Å². The number of nitrogens with one attached hydrogen (secondary N) is 2. The zero-order valence-electron chi connectivity index (χ0n) is 20.3. The first-order chi connectivity index (χ1) is 17.2. The monoisotopic (exact) mass is 473 g/mol. The lowest BCUT2D eigenvalue weighted by atomic mass is 9.97. The molecule has 3 heterocycles. The molecule has 7 nitrogen and oxygen atoms in total. The summed E-state index contributed by atoms with van der Waals surface area (Å²) in [6, 6.07) is 18.6. The van der Waals surface area contributed by atoms with Crippen LogP contribution in [0.2, 0.25) is 0 Å². The summed E-state index contributed by atoms with van der Waals surface area (Å²) < 4.78 is 0. The Morgan fingerprint density at radius 3 is 2.49 bits per heavy atom. The first-order valence-electron chi connectivity index (χ1n) is 12.8. The highest BCUT2D eigenvalue weighted by Gasteiger charge is 2.26. The van der Waals surface area contributed by atoms with E-state index in [4.69, 9.17) is 0 Å². The van der Waals surface area contributed by atoms with Crippen molar-refractivity contribution in [3.8, 4) is 0 Å². The Morgan fingerprint density at radius 2 is 1.66 bits per heavy atom. The molecule has 0 spiro atoms. The highest BCUT2D eigenvalue weighted by Crippen LogP contribution is 2.20. The van der Waals surface area contributed by atoms with Crippen LogP contribution < -0.4 is 5.32 Å². The van der Waals surface area contributed by atoms with Crippen molar-refractivity contribution in [1.82, 2.24) is 25.0 Å². The summed E-state index contributed by atoms with van der Waals surface area (Å²) in [6.45, 7) is 6.15. The van der Waals surface area contributed by atoms with Gasteiger partial charge in [0.05, 0.1) is 6.42 Å². The summed E-state index contributed by atoms with van der Waals surface area (Å²) >= 11 is 0. The lowest BCUT2D eigenvalue weighted by Gasteiger charge is -2.36. The molecule has 0 aliphatic carbocycles. The third kappa shape index (κ3) is 5.85. The number of aromatic amines is 1. The van der Waals surface area contributed by atoms with E-state index in [1.807, 2.05) is 40.3 Å². The highest BCUT2D eigenvalue weighted by molar-refractivity contribution is 5.89. The van der Waals surface area contributed by atoms with Crippen molar-refractivity contribution in [3.63, 3.8) is 0 Å². The number of nitrogens with zero attached hydrogens (tertiary/aromatic N) is 3. The second-order valence-electron chi connectivity index (χ2n) is 9.82. The third-order valence-electron chi connectivity index (χ3n) is 7.33. The highest BCUT2D eigenvalue weighted by atomic mass is 16.2. The zero-order chi connectivity index (χ0) is 24.0. The number of likely N-dealkylation sites (tertiary alicyclic amines) is 1. The molecule has 0 radical (unpaired) electrons. The normalized spacial score (nSPS) is 19.1. The average Bonchev–Trinajstić information content (AvgIpc) is 3.31. The number of carbonyl (C=O) groups excluding carboxylic acids is 2. The summed E-state index contributed by atoms with van der Waals surface area (Å²) in [4.78, 5) is 35.1. The van der Waals surface area contributed by atoms with Crippen molar-refractivity contribution in [2.24, 2.45) is 5.92 Å². The second kappa shape index (κ2) is 11.0. The van der Waals surface area contributed by atoms with Crippen LogP contribution >= 0.6 is 0 Å². The van der Waals surface area contributed by atoms with E-state index in [1.54, 1.807) is 0 Å². The van der Waals surface area contributed by atoms with Crippen molar-refractivity contribution in [2.75, 3.05) is 45.8 Å². The number of para-hydroxylation sites is 1. The van der Waals surface area contributed by atoms with Gasteiger partial charge in [0, 0.05) is 62.9 Å². The number of hydrogen-bond donors (Lipinski definition) is 2. The first kappa shape index (κ1) is 23.4. The van der Waals surface area contributed by atoms with Crippen LogP contribution in [0, 0.1) is 5.92 Å². The minimum Gasteiger partial charge on any atom is -0.361 e. The van der Waals surface area contributed by atoms with Gasteiger partial charge >= 0.3 is 6.03 Å². The molecule has 5 rings (SSSR count). The van der Waals surface area contributed by atoms with Crippen LogP contribution in [0.3, 0.4) is 0 Å². The Hall–Kier alpha value is -3.32. The average molecular weight is 474 g/mol. The molecule has 2 N–H and O–H groups in total. The van der Waals surface area contributed by atoms with Crippen LogP contribution in [-0.2, 0) is 17.8 Å². The van der Waals surface area contributed by atoms with Crippen molar-refractivity contribution in [1.29, 1.82) is 0 Å². The summed E-state index contributed by atoms with van der Waals surface area (Å²) in [5.74, 6) is 0.603. The van der Waals surface area contributed by atoms with Gasteiger partial charge in [-0.05, 0) is 42.5 Å². The summed E-state index contributed by atoms with van der Waals surface area (Å²) in [5, 5.41) is 4.26. The minimum atomic E-state index is -0.00564. The quantitative estimate of drug-likeness (QED) is 0.576. The van der Waals surface area contributed by atoms with Crippen LogP contribution in [0.4, 0.5) is 4.79 Å². The van der Waals surface area contributed by atoms with E-state index in [9.17, 15) is 9.59 Å². The SMILES string of the molecule is O=C(Cc1c[nH]c2ccccc12)N1CCN(C(=O)NCC2CCCN(Cc3ccccc3)C2)CC1. The molecule has 1 aromatic heterocycles. The zero-order valence-corrected chi connectivity index (χ0v) is 20.3. The van der Waals surface area contributed by atoms with E-state index in [-0.39, 0.29) is 11.9 Å². The Morgan fingerprint density at radius 1 is 0.914 bits per heavy atom. The molecule has 0 bridgehead atoms. The number of rotatable bonds is 6. The number of piperazine rings is 1. The first-order valence-corrected chi connectivity index (χ1v) is 12.8. The number of piperidine rings is 1. The third-order valence-corrected chi connectivity index (χ3v) is 7.33. The van der Waals surface area contributed by atoms with Crippen molar-refractivity contribution in [2.45, 2.75) is 25.8 Å². The Balaban J connectivity index is 1.05. The van der Waals surface area contributed by atoms with Crippen molar-refractivity contribution in [3.05, 3.63) is 71.9 Å². The number of aromatic nitrogens is 1. The maximum atomic E-state index is 12.9. The predicted molar refractivity (Wildman–Crippen MR) is 138 cm³/mol. The van der Waals surface area contributed by atoms with Gasteiger partial charge in [-0.1, -0.05) is 48.5 Å². The van der Waals surface area contributed by atoms with Gasteiger partial charge in [0.1, 0.15) is 0 Å². The smallest absolute Gasteiger partial charge is 0.317 e. The minimum absolute atomic E-state index is 0.00564. The van der Waals surface area contributed by atoms with Crippen LogP contribution in [-0.4, -0.2) is 77.4 Å². The topological polar surface area (TPSA) is 71.7 Å². The van der Waals surface area contributed by atoms with Gasteiger partial charge in [0.15, 0.2) is 0 Å². The maximum Gasteiger partial charge on any atom is 0.317 e. The lowest BCUT2D eigenvalue weighted by Crippen LogP contribution is -2.54. The molecule has 1 atom stereocenters. The fraction of sp³-hybridized carbons (Fsp3) is 0.429. The summed E-state index contributed by atoms with van der Waals surface area (Å²) in [6.07, 6.45) is 4.64. The van der Waals surface area contributed by atoms with E-state index < -0.39 is 0 Å². The van der Waals surface area contributed by atoms with Crippen LogP contribution in [0.5, 0.6) is 0 Å². The van der Waals surface area contributed by atoms with E-state index in [2.05, 4.69) is 45.5 Å². The molecule has 184 valence electrons. The fourth-order valence-electron chi connectivity index (χ4n) is 5.36. The van der Waals surface area contributed by atoms with E-state index in [0.717, 1.165) is 42.5 Å².